The van der Waals surface area contributed by atoms with Crippen LogP contribution in [0.3, 0.4) is 0 Å². The van der Waals surface area contributed by atoms with Crippen molar-refractivity contribution in [2.24, 2.45) is 0 Å². The average molecular weight is 399 g/mol. The summed E-state index contributed by atoms with van der Waals surface area (Å²) in [6, 6.07) is 20.2. The van der Waals surface area contributed by atoms with Crippen molar-refractivity contribution in [1.29, 1.82) is 0 Å². The van der Waals surface area contributed by atoms with Gasteiger partial charge < -0.3 is 5.32 Å². The summed E-state index contributed by atoms with van der Waals surface area (Å²) in [5.74, 6) is -0.0972. The van der Waals surface area contributed by atoms with E-state index in [0.717, 1.165) is 28.8 Å². The van der Waals surface area contributed by atoms with Gasteiger partial charge in [-0.15, -0.1) is 0 Å². The Balaban J connectivity index is 1.46. The molecule has 0 aliphatic rings. The Morgan fingerprint density at radius 2 is 1.70 bits per heavy atom. The van der Waals surface area contributed by atoms with Crippen LogP contribution in [0.2, 0.25) is 0 Å². The number of nitrogens with one attached hydrogen (secondary N) is 1. The first-order chi connectivity index (χ1) is 14.7. The fourth-order valence-electron chi connectivity index (χ4n) is 3.59. The number of amides is 1. The molecule has 0 aliphatic carbocycles. The number of benzene rings is 2. The maximum absolute atomic E-state index is 12.9. The van der Waals surface area contributed by atoms with Crippen LogP contribution in [0.4, 0.5) is 0 Å². The fraction of sp³-hybridized carbons (Fsp3) is 0.208. The van der Waals surface area contributed by atoms with Crippen LogP contribution in [-0.4, -0.2) is 25.5 Å². The lowest BCUT2D eigenvalue weighted by Crippen LogP contribution is -2.24. The van der Waals surface area contributed by atoms with Gasteiger partial charge in [0.25, 0.3) is 5.91 Å². The predicted octanol–water partition coefficient (Wildman–Crippen LogP) is 3.67. The lowest BCUT2D eigenvalue weighted by molar-refractivity contribution is 0.0949. The third-order valence-electron chi connectivity index (χ3n) is 5.15. The number of hydrogen-bond donors (Lipinski definition) is 1. The van der Waals surface area contributed by atoms with Crippen molar-refractivity contribution in [3.05, 3.63) is 107 Å². The van der Waals surface area contributed by atoms with Crippen LogP contribution in [-0.2, 0) is 26.1 Å². The zero-order chi connectivity index (χ0) is 20.8. The molecule has 152 valence electrons. The Hall–Kier alpha value is -3.67. The van der Waals surface area contributed by atoms with E-state index in [9.17, 15) is 4.79 Å². The molecule has 0 bridgehead atoms. The number of rotatable bonds is 8. The summed E-state index contributed by atoms with van der Waals surface area (Å²) in [7, 11) is 0. The zero-order valence-electron chi connectivity index (χ0n) is 17.0. The van der Waals surface area contributed by atoms with Crippen LogP contribution < -0.4 is 5.32 Å². The highest BCUT2D eigenvalue weighted by Gasteiger charge is 2.16. The minimum atomic E-state index is -0.0972. The molecule has 0 saturated heterocycles. The third-order valence-corrected chi connectivity index (χ3v) is 5.15. The van der Waals surface area contributed by atoms with Gasteiger partial charge in [0.05, 0.1) is 30.5 Å². The Labute approximate surface area is 176 Å². The Morgan fingerprint density at radius 1 is 0.933 bits per heavy atom. The summed E-state index contributed by atoms with van der Waals surface area (Å²) >= 11 is 0. The van der Waals surface area contributed by atoms with Crippen LogP contribution in [0.1, 0.15) is 39.7 Å². The summed E-state index contributed by atoms with van der Waals surface area (Å²) in [5, 5.41) is 11.8. The van der Waals surface area contributed by atoms with Gasteiger partial charge in [-0.05, 0) is 29.2 Å². The number of carbonyl (C=O) groups excluding carboxylic acids is 1. The summed E-state index contributed by atoms with van der Waals surface area (Å²) < 4.78 is 3.79. The highest BCUT2D eigenvalue weighted by molar-refractivity contribution is 5.95. The van der Waals surface area contributed by atoms with Crippen molar-refractivity contribution < 1.29 is 4.79 Å². The smallest absolute Gasteiger partial charge is 0.255 e. The van der Waals surface area contributed by atoms with Crippen LogP contribution >= 0.6 is 0 Å². The molecule has 30 heavy (non-hydrogen) atoms. The first kappa shape index (κ1) is 19.6. The number of carbonyl (C=O) groups is 1. The van der Waals surface area contributed by atoms with Gasteiger partial charge in [-0.3, -0.25) is 14.2 Å². The highest BCUT2D eigenvalue weighted by Crippen LogP contribution is 2.14. The van der Waals surface area contributed by atoms with Crippen molar-refractivity contribution in [1.82, 2.24) is 24.9 Å². The molecular formula is C24H25N5O. The van der Waals surface area contributed by atoms with Crippen molar-refractivity contribution in [2.75, 3.05) is 0 Å². The second-order valence-electron chi connectivity index (χ2n) is 7.16. The van der Waals surface area contributed by atoms with E-state index in [1.165, 1.54) is 0 Å². The average Bonchev–Trinajstić information content (AvgIpc) is 3.43. The maximum atomic E-state index is 12.9. The molecule has 0 atom stereocenters. The van der Waals surface area contributed by atoms with Crippen molar-refractivity contribution in [3.63, 3.8) is 0 Å². The summed E-state index contributed by atoms with van der Waals surface area (Å²) in [5.41, 5.74) is 4.96. The van der Waals surface area contributed by atoms with Gasteiger partial charge in [0.2, 0.25) is 0 Å². The lowest BCUT2D eigenvalue weighted by atomic mass is 10.1. The van der Waals surface area contributed by atoms with E-state index in [1.54, 1.807) is 12.4 Å². The van der Waals surface area contributed by atoms with Crippen LogP contribution in [0, 0.1) is 0 Å². The molecule has 0 saturated carbocycles. The molecule has 0 aliphatic heterocycles. The molecule has 4 rings (SSSR count). The summed E-state index contributed by atoms with van der Waals surface area (Å²) in [6.45, 7) is 3.84. The molecule has 1 amide bonds. The van der Waals surface area contributed by atoms with Crippen molar-refractivity contribution in [2.45, 2.75) is 33.0 Å². The molecule has 1 N–H and O–H groups in total. The predicted molar refractivity (Wildman–Crippen MR) is 116 cm³/mol. The minimum Gasteiger partial charge on any atom is -0.348 e. The quantitative estimate of drug-likeness (QED) is 0.492. The first-order valence-corrected chi connectivity index (χ1v) is 10.2. The monoisotopic (exact) mass is 399 g/mol. The summed E-state index contributed by atoms with van der Waals surface area (Å²) in [4.78, 5) is 12.9. The van der Waals surface area contributed by atoms with Crippen LogP contribution in [0.25, 0.3) is 0 Å². The third kappa shape index (κ3) is 4.49. The fourth-order valence-corrected chi connectivity index (χ4v) is 3.59. The number of aromatic nitrogens is 4. The zero-order valence-corrected chi connectivity index (χ0v) is 17.0. The van der Waals surface area contributed by atoms with E-state index in [-0.39, 0.29) is 5.91 Å². The van der Waals surface area contributed by atoms with Gasteiger partial charge in [0.1, 0.15) is 0 Å². The van der Waals surface area contributed by atoms with Crippen LogP contribution in [0.15, 0.2) is 79.3 Å². The van der Waals surface area contributed by atoms with Crippen molar-refractivity contribution in [3.8, 4) is 0 Å². The molecule has 2 aromatic heterocycles. The van der Waals surface area contributed by atoms with Gasteiger partial charge in [0.15, 0.2) is 0 Å². The molecule has 0 fully saturated rings. The van der Waals surface area contributed by atoms with E-state index in [2.05, 4.69) is 40.6 Å². The van der Waals surface area contributed by atoms with Gasteiger partial charge in [0, 0.05) is 18.9 Å². The van der Waals surface area contributed by atoms with E-state index < -0.39 is 0 Å². The van der Waals surface area contributed by atoms with E-state index >= 15 is 0 Å². The molecule has 6 heteroatoms. The second kappa shape index (κ2) is 9.22. The first-order valence-electron chi connectivity index (χ1n) is 10.2. The second-order valence-corrected chi connectivity index (χ2v) is 7.16. The minimum absolute atomic E-state index is 0.0972. The molecule has 4 aromatic rings. The lowest BCUT2D eigenvalue weighted by Gasteiger charge is -2.12. The molecule has 2 heterocycles. The molecule has 0 radical (unpaired) electrons. The molecule has 0 spiro atoms. The number of hydrogen-bond acceptors (Lipinski definition) is 3. The van der Waals surface area contributed by atoms with Gasteiger partial charge in [-0.1, -0.05) is 61.5 Å². The Morgan fingerprint density at radius 3 is 2.43 bits per heavy atom. The topological polar surface area (TPSA) is 64.7 Å². The number of nitrogens with zero attached hydrogens (tertiary/aromatic N) is 4. The van der Waals surface area contributed by atoms with Gasteiger partial charge >= 0.3 is 0 Å². The van der Waals surface area contributed by atoms with E-state index in [0.29, 0.717) is 25.2 Å². The normalized spacial score (nSPS) is 10.8. The molecule has 0 unspecified atom stereocenters. The SMILES string of the molecule is CCc1c(C(=O)NCc2ccccc2Cn2cccn2)cnn1Cc1ccccc1. The van der Waals surface area contributed by atoms with Gasteiger partial charge in [-0.25, -0.2) is 0 Å². The van der Waals surface area contributed by atoms with Crippen LogP contribution in [0.5, 0.6) is 0 Å². The Kier molecular flexibility index (Phi) is 6.03. The standard InChI is InChI=1S/C24H25N5O/c1-2-23-22(16-27-29(23)17-19-9-4-3-5-10-19)24(30)25-15-20-11-6-7-12-21(20)18-28-14-8-13-26-28/h3-14,16H,2,15,17-18H2,1H3,(H,25,30). The van der Waals surface area contributed by atoms with Crippen molar-refractivity contribution >= 4 is 5.91 Å². The largest absolute Gasteiger partial charge is 0.348 e. The molecular weight excluding hydrogens is 374 g/mol. The Bertz CT molecular complexity index is 1100. The highest BCUT2D eigenvalue weighted by atomic mass is 16.1. The maximum Gasteiger partial charge on any atom is 0.255 e. The molecule has 2 aromatic carbocycles. The molecule has 6 nitrogen and oxygen atoms in total. The summed E-state index contributed by atoms with van der Waals surface area (Å²) in [6.07, 6.45) is 6.12. The van der Waals surface area contributed by atoms with Gasteiger partial charge in [-0.2, -0.15) is 10.2 Å². The van der Waals surface area contributed by atoms with E-state index in [1.807, 2.05) is 58.0 Å². The van der Waals surface area contributed by atoms with E-state index in [4.69, 9.17) is 0 Å².